The summed E-state index contributed by atoms with van der Waals surface area (Å²) in [7, 11) is 0. The van der Waals surface area contributed by atoms with E-state index >= 15 is 0 Å². The molecule has 3 aromatic rings. The van der Waals surface area contributed by atoms with Gasteiger partial charge in [-0.2, -0.15) is 0 Å². The van der Waals surface area contributed by atoms with Crippen LogP contribution >= 0.6 is 0 Å². The van der Waals surface area contributed by atoms with Gasteiger partial charge in [-0.3, -0.25) is 4.99 Å². The molecule has 2 nitrogen and oxygen atoms in total. The van der Waals surface area contributed by atoms with Crippen molar-refractivity contribution < 1.29 is 5.11 Å². The Hall–Kier alpha value is -2.87. The fourth-order valence-electron chi connectivity index (χ4n) is 2.24. The number of rotatable bonds is 3. The zero-order valence-corrected chi connectivity index (χ0v) is 11.5. The zero-order chi connectivity index (χ0) is 14.5. The van der Waals surface area contributed by atoms with Crippen LogP contribution in [-0.4, -0.2) is 11.3 Å². The Morgan fingerprint density at radius 1 is 0.762 bits per heavy atom. The summed E-state index contributed by atoms with van der Waals surface area (Å²) in [6.45, 7) is 0. The summed E-state index contributed by atoms with van der Waals surface area (Å²) in [6.07, 6.45) is 5.68. The molecular formula is C19H15NO. The third-order valence-electron chi connectivity index (χ3n) is 3.28. The minimum atomic E-state index is 0.306. The van der Waals surface area contributed by atoms with Crippen LogP contribution in [0.3, 0.4) is 0 Å². The third-order valence-corrected chi connectivity index (χ3v) is 3.28. The molecule has 3 aromatic carbocycles. The summed E-state index contributed by atoms with van der Waals surface area (Å²) in [5.41, 5.74) is 1.99. The van der Waals surface area contributed by atoms with Crippen LogP contribution in [0, 0.1) is 0 Å². The molecule has 1 N–H and O–H groups in total. The average molecular weight is 273 g/mol. The quantitative estimate of drug-likeness (QED) is 0.672. The molecule has 0 aromatic heterocycles. The van der Waals surface area contributed by atoms with Gasteiger partial charge >= 0.3 is 0 Å². The molecule has 0 saturated heterocycles. The first-order chi connectivity index (χ1) is 10.3. The smallest absolute Gasteiger partial charge is 0.123 e. The molecule has 21 heavy (non-hydrogen) atoms. The number of hydrogen-bond acceptors (Lipinski definition) is 2. The van der Waals surface area contributed by atoms with Gasteiger partial charge in [0.05, 0.1) is 5.69 Å². The zero-order valence-electron chi connectivity index (χ0n) is 11.5. The number of fused-ring (bicyclic) bond motifs is 1. The third kappa shape index (κ3) is 3.00. The van der Waals surface area contributed by atoms with Crippen LogP contribution in [0.25, 0.3) is 16.8 Å². The number of aromatic hydroxyl groups is 1. The molecule has 0 fully saturated rings. The van der Waals surface area contributed by atoms with Gasteiger partial charge in [-0.25, -0.2) is 0 Å². The average Bonchev–Trinajstić information content (AvgIpc) is 2.55. The number of nitrogens with zero attached hydrogens (tertiary/aromatic N) is 1. The molecule has 0 amide bonds. The van der Waals surface area contributed by atoms with E-state index in [1.807, 2.05) is 72.8 Å². The SMILES string of the molecule is Oc1ccc(C=CC=Nc2ccccc2)c2ccccc12. The number of hydrogen-bond donors (Lipinski definition) is 1. The lowest BCUT2D eigenvalue weighted by Gasteiger charge is -2.03. The van der Waals surface area contributed by atoms with Crippen molar-refractivity contribution in [3.05, 3.63) is 78.4 Å². The van der Waals surface area contributed by atoms with E-state index in [1.54, 1.807) is 12.3 Å². The van der Waals surface area contributed by atoms with Gasteiger partial charge in [0.1, 0.15) is 5.75 Å². The summed E-state index contributed by atoms with van der Waals surface area (Å²) in [5.74, 6) is 0.306. The molecule has 0 aliphatic carbocycles. The van der Waals surface area contributed by atoms with Crippen LogP contribution in [0.4, 0.5) is 5.69 Å². The van der Waals surface area contributed by atoms with Gasteiger partial charge in [-0.1, -0.05) is 54.6 Å². The molecule has 0 aliphatic rings. The fraction of sp³-hybridized carbons (Fsp3) is 0. The van der Waals surface area contributed by atoms with Crippen molar-refractivity contribution >= 4 is 28.8 Å². The van der Waals surface area contributed by atoms with E-state index in [4.69, 9.17) is 0 Å². The molecule has 2 heteroatoms. The Kier molecular flexibility index (Phi) is 3.79. The Balaban J connectivity index is 1.87. The molecular weight excluding hydrogens is 258 g/mol. The van der Waals surface area contributed by atoms with Gasteiger partial charge in [0, 0.05) is 11.6 Å². The van der Waals surface area contributed by atoms with Gasteiger partial charge in [0.25, 0.3) is 0 Å². The predicted octanol–water partition coefficient (Wildman–Crippen LogP) is 4.96. The predicted molar refractivity (Wildman–Crippen MR) is 89.2 cm³/mol. The highest BCUT2D eigenvalue weighted by Gasteiger charge is 2.01. The molecule has 0 bridgehead atoms. The van der Waals surface area contributed by atoms with Crippen LogP contribution < -0.4 is 0 Å². The van der Waals surface area contributed by atoms with Gasteiger partial charge in [-0.05, 0) is 35.2 Å². The van der Waals surface area contributed by atoms with Crippen molar-refractivity contribution in [3.8, 4) is 5.75 Å². The minimum Gasteiger partial charge on any atom is -0.507 e. The molecule has 102 valence electrons. The van der Waals surface area contributed by atoms with Crippen molar-refractivity contribution in [2.75, 3.05) is 0 Å². The van der Waals surface area contributed by atoms with E-state index in [0.29, 0.717) is 5.75 Å². The minimum absolute atomic E-state index is 0.306. The Morgan fingerprint density at radius 2 is 1.48 bits per heavy atom. The van der Waals surface area contributed by atoms with Gasteiger partial charge in [0.2, 0.25) is 0 Å². The number of aliphatic imine (C=N–C) groups is 1. The maximum absolute atomic E-state index is 9.87. The first-order valence-corrected chi connectivity index (χ1v) is 6.81. The molecule has 0 aliphatic heterocycles. The van der Waals surface area contributed by atoms with Crippen molar-refractivity contribution in [1.82, 2.24) is 0 Å². The normalized spacial score (nSPS) is 11.6. The van der Waals surface area contributed by atoms with E-state index < -0.39 is 0 Å². The van der Waals surface area contributed by atoms with Crippen LogP contribution in [0.5, 0.6) is 5.75 Å². The van der Waals surface area contributed by atoms with Crippen LogP contribution in [0.1, 0.15) is 5.56 Å². The van der Waals surface area contributed by atoms with Crippen LogP contribution in [-0.2, 0) is 0 Å². The number of phenols is 1. The van der Waals surface area contributed by atoms with E-state index in [0.717, 1.165) is 22.0 Å². The first kappa shape index (κ1) is 13.1. The molecule has 0 radical (unpaired) electrons. The number of phenolic OH excluding ortho intramolecular Hbond substituents is 1. The van der Waals surface area contributed by atoms with E-state index in [-0.39, 0.29) is 0 Å². The lowest BCUT2D eigenvalue weighted by molar-refractivity contribution is 0.481. The molecule has 0 spiro atoms. The second kappa shape index (κ2) is 6.06. The van der Waals surface area contributed by atoms with Crippen molar-refractivity contribution in [2.24, 2.45) is 4.99 Å². The van der Waals surface area contributed by atoms with Crippen molar-refractivity contribution in [2.45, 2.75) is 0 Å². The maximum atomic E-state index is 9.87. The fourth-order valence-corrected chi connectivity index (χ4v) is 2.24. The molecule has 0 unspecified atom stereocenters. The van der Waals surface area contributed by atoms with Crippen LogP contribution in [0.2, 0.25) is 0 Å². The van der Waals surface area contributed by atoms with Gasteiger partial charge < -0.3 is 5.11 Å². The topological polar surface area (TPSA) is 32.6 Å². The first-order valence-electron chi connectivity index (χ1n) is 6.81. The number of para-hydroxylation sites is 1. The van der Waals surface area contributed by atoms with E-state index in [9.17, 15) is 5.11 Å². The molecule has 0 saturated carbocycles. The monoisotopic (exact) mass is 273 g/mol. The second-order valence-electron chi connectivity index (χ2n) is 4.69. The van der Waals surface area contributed by atoms with Gasteiger partial charge in [-0.15, -0.1) is 0 Å². The standard InChI is InChI=1S/C19H15NO/c21-19-13-12-15(17-10-4-5-11-18(17)19)7-6-14-20-16-8-2-1-3-9-16/h1-14,21H. The molecule has 3 rings (SSSR count). The Labute approximate surface area is 123 Å². The molecule has 0 atom stereocenters. The van der Waals surface area contributed by atoms with Crippen LogP contribution in [0.15, 0.2) is 77.8 Å². The lowest BCUT2D eigenvalue weighted by atomic mass is 10.0. The van der Waals surface area contributed by atoms with Crippen molar-refractivity contribution in [1.29, 1.82) is 0 Å². The van der Waals surface area contributed by atoms with E-state index in [2.05, 4.69) is 4.99 Å². The summed E-state index contributed by atoms with van der Waals surface area (Å²) >= 11 is 0. The Morgan fingerprint density at radius 3 is 2.29 bits per heavy atom. The van der Waals surface area contributed by atoms with Crippen molar-refractivity contribution in [3.63, 3.8) is 0 Å². The highest BCUT2D eigenvalue weighted by atomic mass is 16.3. The summed E-state index contributed by atoms with van der Waals surface area (Å²) in [6, 6.07) is 21.2. The summed E-state index contributed by atoms with van der Waals surface area (Å²) in [5, 5.41) is 11.8. The maximum Gasteiger partial charge on any atom is 0.123 e. The van der Waals surface area contributed by atoms with Gasteiger partial charge in [0.15, 0.2) is 0 Å². The van der Waals surface area contributed by atoms with E-state index in [1.165, 1.54) is 0 Å². The molecule has 0 heterocycles. The summed E-state index contributed by atoms with van der Waals surface area (Å²) < 4.78 is 0. The largest absolute Gasteiger partial charge is 0.507 e. The Bertz CT molecular complexity index is 804. The number of allylic oxidation sites excluding steroid dienone is 1. The number of benzene rings is 3. The highest BCUT2D eigenvalue weighted by molar-refractivity contribution is 5.96. The highest BCUT2D eigenvalue weighted by Crippen LogP contribution is 2.27. The lowest BCUT2D eigenvalue weighted by Crippen LogP contribution is -1.79. The second-order valence-corrected chi connectivity index (χ2v) is 4.69. The summed E-state index contributed by atoms with van der Waals surface area (Å²) in [4.78, 5) is 4.36.